The molecule has 3 amide bonds. The molecule has 2 aliphatic heterocycles. The molecule has 0 radical (unpaired) electrons. The first-order chi connectivity index (χ1) is 11.1. The summed E-state index contributed by atoms with van der Waals surface area (Å²) in [7, 11) is 0. The number of nitrogens with zero attached hydrogens (tertiary/aromatic N) is 2. The quantitative estimate of drug-likeness (QED) is 0.834. The molecule has 0 bridgehead atoms. The lowest BCUT2D eigenvalue weighted by atomic mass is 10.0. The molecule has 1 aromatic carbocycles. The molecular weight excluding hydrogens is 328 g/mol. The molecule has 2 aliphatic rings. The van der Waals surface area contributed by atoms with Crippen molar-refractivity contribution in [2.75, 3.05) is 32.7 Å². The van der Waals surface area contributed by atoms with E-state index in [0.29, 0.717) is 32.2 Å². The number of hydrogen-bond donors (Lipinski definition) is 2. The summed E-state index contributed by atoms with van der Waals surface area (Å²) in [6.07, 6.45) is 0.868. The first kappa shape index (κ1) is 18.5. The van der Waals surface area contributed by atoms with Crippen LogP contribution in [0.4, 0.5) is 4.79 Å². The van der Waals surface area contributed by atoms with Crippen LogP contribution in [0.15, 0.2) is 24.3 Å². The number of fused-ring (bicyclic) bond motifs is 1. The summed E-state index contributed by atoms with van der Waals surface area (Å²) in [5, 5.41) is 6.07. The Labute approximate surface area is 149 Å². The van der Waals surface area contributed by atoms with Gasteiger partial charge in [-0.05, 0) is 24.5 Å². The van der Waals surface area contributed by atoms with Gasteiger partial charge in [0.2, 0.25) is 5.91 Å². The van der Waals surface area contributed by atoms with Crippen molar-refractivity contribution in [3.8, 4) is 0 Å². The molecule has 0 saturated carbocycles. The van der Waals surface area contributed by atoms with E-state index < -0.39 is 0 Å². The second-order valence-corrected chi connectivity index (χ2v) is 6.29. The third kappa shape index (κ3) is 4.39. The van der Waals surface area contributed by atoms with Gasteiger partial charge in [-0.1, -0.05) is 24.3 Å². The van der Waals surface area contributed by atoms with Crippen LogP contribution >= 0.6 is 12.4 Å². The van der Waals surface area contributed by atoms with Crippen LogP contribution in [0.25, 0.3) is 0 Å². The Bertz CT molecular complexity index is 596. The Morgan fingerprint density at radius 2 is 1.96 bits per heavy atom. The molecule has 1 fully saturated rings. The molecule has 7 heteroatoms. The summed E-state index contributed by atoms with van der Waals surface area (Å²) < 4.78 is 0. The maximum Gasteiger partial charge on any atom is 0.318 e. The summed E-state index contributed by atoms with van der Waals surface area (Å²) in [5.74, 6) is -0.0101. The van der Waals surface area contributed by atoms with Gasteiger partial charge in [-0.25, -0.2) is 4.79 Å². The number of rotatable bonds is 2. The summed E-state index contributed by atoms with van der Waals surface area (Å²) in [4.78, 5) is 28.1. The van der Waals surface area contributed by atoms with Crippen molar-refractivity contribution in [1.29, 1.82) is 0 Å². The molecule has 1 aromatic rings. The van der Waals surface area contributed by atoms with E-state index in [4.69, 9.17) is 0 Å². The molecule has 3 rings (SSSR count). The monoisotopic (exact) mass is 352 g/mol. The number of halogens is 1. The average Bonchev–Trinajstić information content (AvgIpc) is 2.59. The molecule has 0 aromatic heterocycles. The van der Waals surface area contributed by atoms with Crippen molar-refractivity contribution < 1.29 is 9.59 Å². The lowest BCUT2D eigenvalue weighted by Gasteiger charge is -2.32. The number of urea groups is 1. The number of piperazine rings is 1. The second-order valence-electron chi connectivity index (χ2n) is 6.29. The lowest BCUT2D eigenvalue weighted by Crippen LogP contribution is -2.54. The maximum absolute atomic E-state index is 12.3. The van der Waals surface area contributed by atoms with Gasteiger partial charge in [0.05, 0.1) is 6.54 Å². The first-order valence-electron chi connectivity index (χ1n) is 8.24. The Morgan fingerprint density at radius 1 is 1.21 bits per heavy atom. The molecule has 6 nitrogen and oxygen atoms in total. The van der Waals surface area contributed by atoms with Crippen molar-refractivity contribution in [2.45, 2.75) is 25.9 Å². The van der Waals surface area contributed by atoms with Crippen LogP contribution in [-0.2, 0) is 17.8 Å². The van der Waals surface area contributed by atoms with Crippen molar-refractivity contribution in [2.24, 2.45) is 0 Å². The predicted octanol–water partition coefficient (Wildman–Crippen LogP) is 0.996. The van der Waals surface area contributed by atoms with E-state index in [9.17, 15) is 9.59 Å². The highest BCUT2D eigenvalue weighted by Gasteiger charge is 2.23. The molecule has 132 valence electrons. The normalized spacial score (nSPS) is 20.0. The average molecular weight is 353 g/mol. The van der Waals surface area contributed by atoms with Gasteiger partial charge < -0.3 is 20.4 Å². The van der Waals surface area contributed by atoms with Crippen molar-refractivity contribution in [1.82, 2.24) is 20.4 Å². The van der Waals surface area contributed by atoms with Crippen molar-refractivity contribution >= 4 is 24.3 Å². The zero-order valence-corrected chi connectivity index (χ0v) is 14.8. The summed E-state index contributed by atoms with van der Waals surface area (Å²) >= 11 is 0. The second kappa shape index (κ2) is 8.35. The molecule has 1 unspecified atom stereocenters. The molecule has 24 heavy (non-hydrogen) atoms. The highest BCUT2D eigenvalue weighted by atomic mass is 35.5. The fourth-order valence-corrected chi connectivity index (χ4v) is 3.20. The summed E-state index contributed by atoms with van der Waals surface area (Å²) in [5.41, 5.74) is 2.50. The standard InChI is InChI=1S/C17H24N4O2.ClH/c1-13-11-20(9-7-18-13)16(22)10-19-17(23)21-8-6-14-4-2-3-5-15(14)12-21;/h2-5,13,18H,6-12H2,1H3,(H,19,23);1H. The minimum absolute atomic E-state index is 0. The number of amides is 3. The third-order valence-corrected chi connectivity index (χ3v) is 4.53. The zero-order chi connectivity index (χ0) is 16.2. The Morgan fingerprint density at radius 3 is 2.71 bits per heavy atom. The van der Waals surface area contributed by atoms with Gasteiger partial charge in [0.1, 0.15) is 0 Å². The van der Waals surface area contributed by atoms with Crippen LogP contribution < -0.4 is 10.6 Å². The molecule has 1 atom stereocenters. The Balaban J connectivity index is 0.00000208. The molecule has 0 aliphatic carbocycles. The topological polar surface area (TPSA) is 64.7 Å². The van der Waals surface area contributed by atoms with Gasteiger partial charge in [-0.2, -0.15) is 0 Å². The SMILES string of the molecule is CC1CN(C(=O)CNC(=O)N2CCc3ccccc3C2)CCN1.Cl. The third-order valence-electron chi connectivity index (χ3n) is 4.53. The number of carbonyl (C=O) groups is 2. The van der Waals surface area contributed by atoms with Gasteiger partial charge in [-0.15, -0.1) is 12.4 Å². The Kier molecular flexibility index (Phi) is 6.45. The van der Waals surface area contributed by atoms with E-state index in [1.54, 1.807) is 4.90 Å². The first-order valence-corrected chi connectivity index (χ1v) is 8.24. The predicted molar refractivity (Wildman–Crippen MR) is 95.2 cm³/mol. The lowest BCUT2D eigenvalue weighted by molar-refractivity contribution is -0.131. The highest BCUT2D eigenvalue weighted by Crippen LogP contribution is 2.18. The van der Waals surface area contributed by atoms with Crippen molar-refractivity contribution in [3.63, 3.8) is 0 Å². The molecule has 1 saturated heterocycles. The van der Waals surface area contributed by atoms with E-state index in [-0.39, 0.29) is 30.9 Å². The molecular formula is C17H25ClN4O2. The summed E-state index contributed by atoms with van der Waals surface area (Å²) in [6, 6.07) is 8.34. The maximum atomic E-state index is 12.3. The van der Waals surface area contributed by atoms with E-state index in [1.165, 1.54) is 11.1 Å². The smallest absolute Gasteiger partial charge is 0.318 e. The van der Waals surface area contributed by atoms with Crippen LogP contribution in [-0.4, -0.2) is 60.5 Å². The van der Waals surface area contributed by atoms with Crippen molar-refractivity contribution in [3.05, 3.63) is 35.4 Å². The van der Waals surface area contributed by atoms with Gasteiger partial charge in [0.15, 0.2) is 0 Å². The van der Waals surface area contributed by atoms with Gasteiger partial charge >= 0.3 is 6.03 Å². The molecule has 2 heterocycles. The van der Waals surface area contributed by atoms with Crippen LogP contribution in [0.3, 0.4) is 0 Å². The molecule has 0 spiro atoms. The van der Waals surface area contributed by atoms with Gasteiger partial charge in [-0.3, -0.25) is 4.79 Å². The minimum Gasteiger partial charge on any atom is -0.338 e. The molecule has 2 N–H and O–H groups in total. The van der Waals surface area contributed by atoms with Crippen LogP contribution in [0, 0.1) is 0 Å². The van der Waals surface area contributed by atoms with Crippen LogP contribution in [0.1, 0.15) is 18.1 Å². The fraction of sp³-hybridized carbons (Fsp3) is 0.529. The number of hydrogen-bond acceptors (Lipinski definition) is 3. The van der Waals surface area contributed by atoms with E-state index in [1.807, 2.05) is 17.0 Å². The van der Waals surface area contributed by atoms with E-state index in [2.05, 4.69) is 29.7 Å². The van der Waals surface area contributed by atoms with E-state index in [0.717, 1.165) is 13.0 Å². The number of benzene rings is 1. The van der Waals surface area contributed by atoms with Gasteiger partial charge in [0.25, 0.3) is 0 Å². The number of nitrogens with one attached hydrogen (secondary N) is 2. The van der Waals surface area contributed by atoms with E-state index >= 15 is 0 Å². The minimum atomic E-state index is -0.156. The zero-order valence-electron chi connectivity index (χ0n) is 14.0. The fourth-order valence-electron chi connectivity index (χ4n) is 3.20. The largest absolute Gasteiger partial charge is 0.338 e. The number of carbonyl (C=O) groups excluding carboxylic acids is 2. The summed E-state index contributed by atoms with van der Waals surface area (Å²) in [6.45, 7) is 5.65. The van der Waals surface area contributed by atoms with Crippen LogP contribution in [0.5, 0.6) is 0 Å². The van der Waals surface area contributed by atoms with Gasteiger partial charge in [0, 0.05) is 38.8 Å². The Hall–Kier alpha value is -1.79. The van der Waals surface area contributed by atoms with Crippen LogP contribution in [0.2, 0.25) is 0 Å². The highest BCUT2D eigenvalue weighted by molar-refractivity contribution is 5.85.